The number of aromatic nitrogens is 6. The summed E-state index contributed by atoms with van der Waals surface area (Å²) in [6, 6.07) is 0. The van der Waals surface area contributed by atoms with E-state index >= 15 is 0 Å². The van der Waals surface area contributed by atoms with Gasteiger partial charge in [0, 0.05) is 12.7 Å². The number of carbonyl (C=O) groups is 1. The van der Waals surface area contributed by atoms with Crippen molar-refractivity contribution in [1.29, 1.82) is 0 Å². The van der Waals surface area contributed by atoms with E-state index in [1.54, 1.807) is 10.9 Å². The maximum atomic E-state index is 11.0. The Morgan fingerprint density at radius 3 is 2.68 bits per heavy atom. The first-order valence-corrected chi connectivity index (χ1v) is 8.32. The van der Waals surface area contributed by atoms with Gasteiger partial charge in [-0.05, 0) is 18.8 Å². The standard InChI is InChI=1S/C16H18N6O3/c23-14-13-12(7-18-21(13)8-10-4-2-1-3-5-10)19-16(20-14)22-9-11(6-17-22)15(24)25/h6-7,9-10H,1-5,8H2,(H,24,25)(H,19,20,23). The molecule has 130 valence electrons. The zero-order chi connectivity index (χ0) is 17.4. The average Bonchev–Trinajstić information content (AvgIpc) is 3.23. The van der Waals surface area contributed by atoms with Gasteiger partial charge in [-0.15, -0.1) is 0 Å². The molecule has 0 aromatic carbocycles. The molecule has 1 aliphatic rings. The minimum Gasteiger partial charge on any atom is -0.492 e. The first kappa shape index (κ1) is 15.6. The van der Waals surface area contributed by atoms with E-state index in [0.717, 1.165) is 6.54 Å². The Kier molecular flexibility index (Phi) is 3.83. The summed E-state index contributed by atoms with van der Waals surface area (Å²) in [6.45, 7) is 0.741. The third kappa shape index (κ3) is 2.92. The predicted octanol–water partition coefficient (Wildman–Crippen LogP) is 2.00. The van der Waals surface area contributed by atoms with Gasteiger partial charge in [-0.2, -0.15) is 15.2 Å². The molecule has 0 radical (unpaired) electrons. The number of hydrogen-bond donors (Lipinski definition) is 2. The van der Waals surface area contributed by atoms with Gasteiger partial charge >= 0.3 is 5.97 Å². The molecule has 9 heteroatoms. The van der Waals surface area contributed by atoms with E-state index in [-0.39, 0.29) is 17.4 Å². The van der Waals surface area contributed by atoms with Gasteiger partial charge < -0.3 is 10.2 Å². The molecule has 0 atom stereocenters. The zero-order valence-corrected chi connectivity index (χ0v) is 13.5. The largest absolute Gasteiger partial charge is 0.492 e. The Morgan fingerprint density at radius 2 is 1.96 bits per heavy atom. The zero-order valence-electron chi connectivity index (χ0n) is 13.5. The second-order valence-corrected chi connectivity index (χ2v) is 6.39. The molecule has 3 aromatic rings. The Balaban J connectivity index is 1.67. The second-order valence-electron chi connectivity index (χ2n) is 6.39. The summed E-state index contributed by atoms with van der Waals surface area (Å²) in [5.41, 5.74) is 1.03. The third-order valence-corrected chi connectivity index (χ3v) is 4.65. The maximum Gasteiger partial charge on any atom is 0.338 e. The van der Waals surface area contributed by atoms with E-state index < -0.39 is 5.97 Å². The quantitative estimate of drug-likeness (QED) is 0.744. The van der Waals surface area contributed by atoms with E-state index in [1.165, 1.54) is 49.2 Å². The molecular weight excluding hydrogens is 324 g/mol. The number of fused-ring (bicyclic) bond motifs is 1. The number of carboxylic acids is 1. The molecule has 1 saturated carbocycles. The van der Waals surface area contributed by atoms with Crippen LogP contribution in [0.3, 0.4) is 0 Å². The molecule has 3 aromatic heterocycles. The first-order valence-electron chi connectivity index (χ1n) is 8.32. The number of aromatic hydroxyl groups is 1. The minimum atomic E-state index is -1.09. The van der Waals surface area contributed by atoms with Crippen LogP contribution in [0.5, 0.6) is 5.88 Å². The molecule has 3 heterocycles. The van der Waals surface area contributed by atoms with Crippen molar-refractivity contribution in [3.63, 3.8) is 0 Å². The lowest BCUT2D eigenvalue weighted by molar-refractivity contribution is 0.0697. The molecule has 0 saturated heterocycles. The van der Waals surface area contributed by atoms with E-state index in [9.17, 15) is 9.90 Å². The van der Waals surface area contributed by atoms with Crippen LogP contribution < -0.4 is 0 Å². The summed E-state index contributed by atoms with van der Waals surface area (Å²) in [6.07, 6.45) is 10.2. The van der Waals surface area contributed by atoms with Crippen molar-refractivity contribution in [2.75, 3.05) is 0 Å². The van der Waals surface area contributed by atoms with Gasteiger partial charge in [-0.3, -0.25) is 4.68 Å². The van der Waals surface area contributed by atoms with Gasteiger partial charge in [0.25, 0.3) is 5.95 Å². The summed E-state index contributed by atoms with van der Waals surface area (Å²) < 4.78 is 2.98. The normalized spacial score (nSPS) is 15.7. The Labute approximate surface area is 142 Å². The SMILES string of the molecule is O=C(O)c1cnn(-c2nc(O)c3c(cnn3CC3CCCCC3)n2)c1. The fourth-order valence-electron chi connectivity index (χ4n) is 3.37. The van der Waals surface area contributed by atoms with E-state index in [2.05, 4.69) is 20.2 Å². The van der Waals surface area contributed by atoms with E-state index in [0.29, 0.717) is 17.0 Å². The molecule has 0 aliphatic heterocycles. The molecule has 4 rings (SSSR count). The lowest BCUT2D eigenvalue weighted by Gasteiger charge is -2.21. The molecule has 9 nitrogen and oxygen atoms in total. The number of hydrogen-bond acceptors (Lipinski definition) is 6. The Morgan fingerprint density at radius 1 is 1.16 bits per heavy atom. The molecule has 1 aliphatic carbocycles. The van der Waals surface area contributed by atoms with E-state index in [4.69, 9.17) is 5.11 Å². The molecular formula is C16H18N6O3. The lowest BCUT2D eigenvalue weighted by Crippen LogP contribution is -2.15. The molecule has 2 N–H and O–H groups in total. The first-order chi connectivity index (χ1) is 12.1. The fraction of sp³-hybridized carbons (Fsp3) is 0.438. The summed E-state index contributed by atoms with van der Waals surface area (Å²) in [7, 11) is 0. The summed E-state index contributed by atoms with van der Waals surface area (Å²) in [4.78, 5) is 19.4. The lowest BCUT2D eigenvalue weighted by atomic mass is 9.89. The highest BCUT2D eigenvalue weighted by Crippen LogP contribution is 2.28. The number of aromatic carboxylic acids is 1. The Bertz CT molecular complexity index is 925. The van der Waals surface area contributed by atoms with Gasteiger partial charge in [0.05, 0.1) is 18.0 Å². The van der Waals surface area contributed by atoms with Crippen molar-refractivity contribution in [3.05, 3.63) is 24.2 Å². The van der Waals surface area contributed by atoms with Crippen LogP contribution in [0, 0.1) is 5.92 Å². The molecule has 0 spiro atoms. The van der Waals surface area contributed by atoms with Crippen LogP contribution in [0.1, 0.15) is 42.5 Å². The van der Waals surface area contributed by atoms with Crippen molar-refractivity contribution < 1.29 is 15.0 Å². The van der Waals surface area contributed by atoms with Crippen LogP contribution in [0.15, 0.2) is 18.6 Å². The third-order valence-electron chi connectivity index (χ3n) is 4.65. The summed E-state index contributed by atoms with van der Waals surface area (Å²) in [5, 5.41) is 27.6. The van der Waals surface area contributed by atoms with Gasteiger partial charge in [0.2, 0.25) is 5.88 Å². The van der Waals surface area contributed by atoms with Gasteiger partial charge in [0.15, 0.2) is 0 Å². The number of carboxylic acid groups (broad SMARTS) is 1. The second kappa shape index (κ2) is 6.15. The highest BCUT2D eigenvalue weighted by Gasteiger charge is 2.19. The van der Waals surface area contributed by atoms with Gasteiger partial charge in [-0.1, -0.05) is 19.3 Å². The van der Waals surface area contributed by atoms with Gasteiger partial charge in [-0.25, -0.2) is 14.5 Å². The number of rotatable bonds is 4. The van der Waals surface area contributed by atoms with Crippen LogP contribution in [-0.4, -0.2) is 45.7 Å². The van der Waals surface area contributed by atoms with Crippen molar-refractivity contribution in [1.82, 2.24) is 29.5 Å². The molecule has 25 heavy (non-hydrogen) atoms. The van der Waals surface area contributed by atoms with Crippen molar-refractivity contribution in [3.8, 4) is 11.8 Å². The summed E-state index contributed by atoms with van der Waals surface area (Å²) in [5.74, 6) is -0.604. The van der Waals surface area contributed by atoms with Crippen LogP contribution in [-0.2, 0) is 6.54 Å². The smallest absolute Gasteiger partial charge is 0.338 e. The van der Waals surface area contributed by atoms with Crippen molar-refractivity contribution >= 4 is 17.0 Å². The molecule has 0 bridgehead atoms. The average molecular weight is 342 g/mol. The van der Waals surface area contributed by atoms with Crippen LogP contribution in [0.2, 0.25) is 0 Å². The van der Waals surface area contributed by atoms with Crippen LogP contribution >= 0.6 is 0 Å². The van der Waals surface area contributed by atoms with Gasteiger partial charge in [0.1, 0.15) is 11.0 Å². The highest BCUT2D eigenvalue weighted by molar-refractivity contribution is 5.87. The fourth-order valence-corrected chi connectivity index (χ4v) is 3.37. The number of nitrogens with zero attached hydrogens (tertiary/aromatic N) is 6. The molecule has 0 unspecified atom stereocenters. The summed E-state index contributed by atoms with van der Waals surface area (Å²) >= 11 is 0. The predicted molar refractivity (Wildman–Crippen MR) is 87.6 cm³/mol. The topological polar surface area (TPSA) is 119 Å². The molecule has 1 fully saturated rings. The maximum absolute atomic E-state index is 11.0. The van der Waals surface area contributed by atoms with Crippen LogP contribution in [0.4, 0.5) is 0 Å². The monoisotopic (exact) mass is 342 g/mol. The van der Waals surface area contributed by atoms with Crippen LogP contribution in [0.25, 0.3) is 17.0 Å². The van der Waals surface area contributed by atoms with Crippen molar-refractivity contribution in [2.24, 2.45) is 5.92 Å². The highest BCUT2D eigenvalue weighted by atomic mass is 16.4. The molecule has 0 amide bonds. The van der Waals surface area contributed by atoms with E-state index in [1.807, 2.05) is 0 Å². The Hall–Kier alpha value is -2.97. The minimum absolute atomic E-state index is 0.0242. The van der Waals surface area contributed by atoms with Crippen molar-refractivity contribution in [2.45, 2.75) is 38.6 Å².